The Kier molecular flexibility index (Phi) is 5.10. The fourth-order valence-corrected chi connectivity index (χ4v) is 1.63. The zero-order chi connectivity index (χ0) is 12.0. The molecule has 0 saturated heterocycles. The summed E-state index contributed by atoms with van der Waals surface area (Å²) < 4.78 is 5.37. The molecule has 1 rings (SSSR count). The quantitative estimate of drug-likeness (QED) is 0.715. The van der Waals surface area contributed by atoms with Crippen molar-refractivity contribution in [1.29, 1.82) is 0 Å². The lowest BCUT2D eigenvalue weighted by Crippen LogP contribution is -1.90. The summed E-state index contributed by atoms with van der Waals surface area (Å²) in [4.78, 5) is 0. The molecule has 0 amide bonds. The van der Waals surface area contributed by atoms with Gasteiger partial charge in [-0.25, -0.2) is 0 Å². The molecule has 0 atom stereocenters. The molecule has 0 aliphatic carbocycles. The first-order chi connectivity index (χ1) is 7.67. The van der Waals surface area contributed by atoms with Gasteiger partial charge in [-0.1, -0.05) is 45.1 Å². The highest BCUT2D eigenvalue weighted by atomic mass is 16.5. The Balaban J connectivity index is 2.78. The third-order valence-electron chi connectivity index (χ3n) is 2.61. The van der Waals surface area contributed by atoms with Crippen LogP contribution in [0.15, 0.2) is 24.3 Å². The maximum Gasteiger partial charge on any atom is 0.122 e. The van der Waals surface area contributed by atoms with Crippen LogP contribution in [0.5, 0.6) is 5.75 Å². The number of rotatable bonds is 5. The minimum Gasteiger partial charge on any atom is -0.496 e. The average Bonchev–Trinajstić information content (AvgIpc) is 2.28. The van der Waals surface area contributed by atoms with Crippen molar-refractivity contribution >= 4 is 6.08 Å². The second-order valence-electron chi connectivity index (χ2n) is 4.46. The fourth-order valence-electron chi connectivity index (χ4n) is 1.63. The SMILES string of the molecule is CCc1ccc(/C=C/CC(C)C)cc1OC. The third-order valence-corrected chi connectivity index (χ3v) is 2.61. The van der Waals surface area contributed by atoms with E-state index in [2.05, 4.69) is 51.1 Å². The fraction of sp³-hybridized carbons (Fsp3) is 0.467. The molecule has 1 aromatic rings. The highest BCUT2D eigenvalue weighted by Gasteiger charge is 2.00. The van der Waals surface area contributed by atoms with Gasteiger partial charge in [-0.15, -0.1) is 0 Å². The van der Waals surface area contributed by atoms with Crippen LogP contribution in [0.4, 0.5) is 0 Å². The molecule has 0 bridgehead atoms. The maximum atomic E-state index is 5.37. The third kappa shape index (κ3) is 3.73. The van der Waals surface area contributed by atoms with Crippen molar-refractivity contribution in [2.24, 2.45) is 5.92 Å². The van der Waals surface area contributed by atoms with E-state index in [1.165, 1.54) is 11.1 Å². The maximum absolute atomic E-state index is 5.37. The standard InChI is InChI=1S/C15H22O/c1-5-14-10-9-13(11-15(14)16-4)8-6-7-12(2)3/h6,8-12H,5,7H2,1-4H3/b8-6+. The first kappa shape index (κ1) is 12.8. The van der Waals surface area contributed by atoms with Crippen LogP contribution >= 0.6 is 0 Å². The van der Waals surface area contributed by atoms with Crippen LogP contribution in [0.2, 0.25) is 0 Å². The lowest BCUT2D eigenvalue weighted by molar-refractivity contribution is 0.410. The molecule has 0 radical (unpaired) electrons. The predicted molar refractivity (Wildman–Crippen MR) is 70.9 cm³/mol. The Labute approximate surface area is 99.1 Å². The first-order valence-electron chi connectivity index (χ1n) is 6.00. The van der Waals surface area contributed by atoms with Crippen molar-refractivity contribution in [3.8, 4) is 5.75 Å². The van der Waals surface area contributed by atoms with Crippen molar-refractivity contribution in [3.05, 3.63) is 35.4 Å². The van der Waals surface area contributed by atoms with Gasteiger partial charge in [0, 0.05) is 0 Å². The molecule has 0 heterocycles. The van der Waals surface area contributed by atoms with E-state index in [0.29, 0.717) is 5.92 Å². The zero-order valence-electron chi connectivity index (χ0n) is 10.8. The van der Waals surface area contributed by atoms with Crippen LogP contribution in [-0.4, -0.2) is 7.11 Å². The molecule has 0 saturated carbocycles. The second kappa shape index (κ2) is 6.37. The first-order valence-corrected chi connectivity index (χ1v) is 6.00. The summed E-state index contributed by atoms with van der Waals surface area (Å²) in [6.07, 6.45) is 6.53. The average molecular weight is 218 g/mol. The Morgan fingerprint density at radius 2 is 2.06 bits per heavy atom. The smallest absolute Gasteiger partial charge is 0.122 e. The molecule has 0 aliphatic rings. The Hall–Kier alpha value is -1.24. The molecule has 16 heavy (non-hydrogen) atoms. The van der Waals surface area contributed by atoms with Gasteiger partial charge >= 0.3 is 0 Å². The van der Waals surface area contributed by atoms with E-state index in [0.717, 1.165) is 18.6 Å². The van der Waals surface area contributed by atoms with Crippen molar-refractivity contribution in [3.63, 3.8) is 0 Å². The van der Waals surface area contributed by atoms with Crippen LogP contribution < -0.4 is 4.74 Å². The number of hydrogen-bond donors (Lipinski definition) is 0. The normalized spacial score (nSPS) is 11.3. The Morgan fingerprint density at radius 3 is 2.62 bits per heavy atom. The minimum absolute atomic E-state index is 0.716. The molecule has 1 heteroatoms. The number of ether oxygens (including phenoxy) is 1. The highest BCUT2D eigenvalue weighted by Crippen LogP contribution is 2.21. The summed E-state index contributed by atoms with van der Waals surface area (Å²) >= 11 is 0. The number of aryl methyl sites for hydroxylation is 1. The largest absolute Gasteiger partial charge is 0.496 e. The molecular formula is C15H22O. The minimum atomic E-state index is 0.716. The van der Waals surface area contributed by atoms with E-state index >= 15 is 0 Å². The molecule has 0 aromatic heterocycles. The molecule has 0 N–H and O–H groups in total. The van der Waals surface area contributed by atoms with E-state index in [1.54, 1.807) is 7.11 Å². The van der Waals surface area contributed by atoms with Gasteiger partial charge < -0.3 is 4.74 Å². The summed E-state index contributed by atoms with van der Waals surface area (Å²) in [7, 11) is 1.73. The van der Waals surface area contributed by atoms with Crippen LogP contribution in [0.1, 0.15) is 38.3 Å². The van der Waals surface area contributed by atoms with Crippen LogP contribution in [0.25, 0.3) is 6.08 Å². The van der Waals surface area contributed by atoms with E-state index in [4.69, 9.17) is 4.74 Å². The number of methoxy groups -OCH3 is 1. The van der Waals surface area contributed by atoms with Gasteiger partial charge in [0.1, 0.15) is 5.75 Å². The molecule has 1 nitrogen and oxygen atoms in total. The van der Waals surface area contributed by atoms with Gasteiger partial charge in [0.25, 0.3) is 0 Å². The van der Waals surface area contributed by atoms with E-state index in [9.17, 15) is 0 Å². The van der Waals surface area contributed by atoms with Crippen molar-refractivity contribution in [2.75, 3.05) is 7.11 Å². The van der Waals surface area contributed by atoms with Crippen molar-refractivity contribution < 1.29 is 4.74 Å². The Bertz CT molecular complexity index is 350. The second-order valence-corrected chi connectivity index (χ2v) is 4.46. The molecule has 0 aliphatic heterocycles. The van der Waals surface area contributed by atoms with Crippen LogP contribution in [-0.2, 0) is 6.42 Å². The van der Waals surface area contributed by atoms with Gasteiger partial charge in [0.2, 0.25) is 0 Å². The predicted octanol–water partition coefficient (Wildman–Crippen LogP) is 4.32. The summed E-state index contributed by atoms with van der Waals surface area (Å²) in [6.45, 7) is 6.60. The number of allylic oxidation sites excluding steroid dienone is 1. The van der Waals surface area contributed by atoms with Crippen molar-refractivity contribution in [1.82, 2.24) is 0 Å². The summed E-state index contributed by atoms with van der Waals surface area (Å²) in [6, 6.07) is 6.40. The summed E-state index contributed by atoms with van der Waals surface area (Å²) in [5, 5.41) is 0. The number of hydrogen-bond acceptors (Lipinski definition) is 1. The van der Waals surface area contributed by atoms with Gasteiger partial charge in [0.15, 0.2) is 0 Å². The van der Waals surface area contributed by atoms with Crippen molar-refractivity contribution in [2.45, 2.75) is 33.6 Å². The highest BCUT2D eigenvalue weighted by molar-refractivity contribution is 5.53. The van der Waals surface area contributed by atoms with Gasteiger partial charge in [0.05, 0.1) is 7.11 Å². The van der Waals surface area contributed by atoms with Gasteiger partial charge in [-0.2, -0.15) is 0 Å². The topological polar surface area (TPSA) is 9.23 Å². The molecule has 1 aromatic carbocycles. The molecule has 88 valence electrons. The van der Waals surface area contributed by atoms with E-state index < -0.39 is 0 Å². The lowest BCUT2D eigenvalue weighted by atomic mass is 10.1. The van der Waals surface area contributed by atoms with E-state index in [-0.39, 0.29) is 0 Å². The lowest BCUT2D eigenvalue weighted by Gasteiger charge is -2.07. The molecular weight excluding hydrogens is 196 g/mol. The summed E-state index contributed by atoms with van der Waals surface area (Å²) in [5.74, 6) is 1.71. The monoisotopic (exact) mass is 218 g/mol. The molecule has 0 unspecified atom stereocenters. The number of benzene rings is 1. The van der Waals surface area contributed by atoms with Gasteiger partial charge in [-0.05, 0) is 36.0 Å². The van der Waals surface area contributed by atoms with E-state index in [1.807, 2.05) is 0 Å². The molecule has 0 spiro atoms. The molecule has 0 fully saturated rings. The van der Waals surface area contributed by atoms with Crippen LogP contribution in [0.3, 0.4) is 0 Å². The zero-order valence-corrected chi connectivity index (χ0v) is 10.8. The Morgan fingerprint density at radius 1 is 1.31 bits per heavy atom. The summed E-state index contributed by atoms with van der Waals surface area (Å²) in [5.41, 5.74) is 2.48. The van der Waals surface area contributed by atoms with Gasteiger partial charge in [-0.3, -0.25) is 0 Å². The van der Waals surface area contributed by atoms with Crippen LogP contribution in [0, 0.1) is 5.92 Å².